The second kappa shape index (κ2) is 14.4. The lowest BCUT2D eigenvalue weighted by Crippen LogP contribution is -2.21. The molecular formula is C10H26O4S2Si2. The highest BCUT2D eigenvalue weighted by molar-refractivity contribution is 8.76. The molecule has 8 heteroatoms. The van der Waals surface area contributed by atoms with E-state index in [9.17, 15) is 0 Å². The van der Waals surface area contributed by atoms with E-state index in [1.54, 1.807) is 28.4 Å². The number of methoxy groups -OCH3 is 4. The third-order valence-electron chi connectivity index (χ3n) is 2.47. The molecule has 4 nitrogen and oxygen atoms in total. The van der Waals surface area contributed by atoms with E-state index in [1.807, 2.05) is 21.6 Å². The smallest absolute Gasteiger partial charge is 0.134 e. The maximum Gasteiger partial charge on any atom is 0.134 e. The highest BCUT2D eigenvalue weighted by atomic mass is 33.1. The highest BCUT2D eigenvalue weighted by Crippen LogP contribution is 2.23. The maximum absolute atomic E-state index is 5.20. The Morgan fingerprint density at radius 3 is 1.33 bits per heavy atom. The third-order valence-corrected chi connectivity index (χ3v) is 9.87. The monoisotopic (exact) mass is 330 g/mol. The lowest BCUT2D eigenvalue weighted by Gasteiger charge is -2.12. The Hall–Kier alpha value is 0.974. The first-order chi connectivity index (χ1) is 8.78. The van der Waals surface area contributed by atoms with E-state index in [0.717, 1.165) is 0 Å². The van der Waals surface area contributed by atoms with Crippen LogP contribution in [0.5, 0.6) is 0 Å². The van der Waals surface area contributed by atoms with Crippen molar-refractivity contribution in [3.63, 3.8) is 0 Å². The van der Waals surface area contributed by atoms with Gasteiger partial charge in [-0.05, 0) is 12.1 Å². The highest BCUT2D eigenvalue weighted by Gasteiger charge is 2.06. The van der Waals surface area contributed by atoms with Gasteiger partial charge in [-0.1, -0.05) is 21.6 Å². The molecular weight excluding hydrogens is 304 g/mol. The molecule has 110 valence electrons. The zero-order chi connectivity index (χ0) is 13.6. The summed E-state index contributed by atoms with van der Waals surface area (Å²) in [6.45, 7) is 0. The summed E-state index contributed by atoms with van der Waals surface area (Å²) in [7, 11) is 10.3. The molecule has 0 saturated carbocycles. The maximum atomic E-state index is 5.20. The molecule has 0 aromatic rings. The summed E-state index contributed by atoms with van der Waals surface area (Å²) in [5.74, 6) is 2.60. The number of hydrogen-bond acceptors (Lipinski definition) is 6. The standard InChI is InChI=1S/C10H26O4S2Si2/c1-11-9(12-2)17-7-5-15-16-6-8-18-10(13-3)14-4/h9-10H,5-8,17-18H2,1-4H3. The molecule has 0 unspecified atom stereocenters. The number of rotatable bonds is 13. The van der Waals surface area contributed by atoms with Gasteiger partial charge in [-0.15, -0.1) is 0 Å². The van der Waals surface area contributed by atoms with Gasteiger partial charge < -0.3 is 18.9 Å². The summed E-state index contributed by atoms with van der Waals surface area (Å²) in [5.41, 5.74) is 0. The molecule has 0 atom stereocenters. The predicted octanol–water partition coefficient (Wildman–Crippen LogP) is 0.695. The lowest BCUT2D eigenvalue weighted by molar-refractivity contribution is -0.0441. The Labute approximate surface area is 123 Å². The Morgan fingerprint density at radius 2 is 1.06 bits per heavy atom. The third kappa shape index (κ3) is 10.9. The van der Waals surface area contributed by atoms with E-state index in [1.165, 1.54) is 23.6 Å². The minimum Gasteiger partial charge on any atom is -0.360 e. The molecule has 0 heterocycles. The van der Waals surface area contributed by atoms with Crippen LogP contribution in [0.2, 0.25) is 12.1 Å². The molecule has 0 amide bonds. The van der Waals surface area contributed by atoms with Gasteiger partial charge in [-0.25, -0.2) is 0 Å². The van der Waals surface area contributed by atoms with Crippen LogP contribution in [0.3, 0.4) is 0 Å². The van der Waals surface area contributed by atoms with Crippen molar-refractivity contribution < 1.29 is 18.9 Å². The summed E-state index contributed by atoms with van der Waals surface area (Å²) in [6, 6.07) is 2.53. The normalized spacial score (nSPS) is 13.0. The van der Waals surface area contributed by atoms with Crippen molar-refractivity contribution in [1.82, 2.24) is 0 Å². The zero-order valence-electron chi connectivity index (χ0n) is 11.8. The molecule has 0 N–H and O–H groups in total. The first-order valence-corrected chi connectivity index (χ1v) is 12.3. The van der Waals surface area contributed by atoms with Crippen molar-refractivity contribution in [3.8, 4) is 0 Å². The molecule has 0 radical (unpaired) electrons. The number of ether oxygens (including phenoxy) is 4. The summed E-state index contributed by atoms with van der Waals surface area (Å²) < 4.78 is 20.8. The van der Waals surface area contributed by atoms with E-state index in [4.69, 9.17) is 18.9 Å². The van der Waals surface area contributed by atoms with Gasteiger partial charge in [-0.2, -0.15) is 0 Å². The van der Waals surface area contributed by atoms with E-state index in [0.29, 0.717) is 0 Å². The molecule has 0 aromatic carbocycles. The van der Waals surface area contributed by atoms with Crippen molar-refractivity contribution in [2.45, 2.75) is 23.9 Å². The molecule has 0 aliphatic carbocycles. The quantitative estimate of drug-likeness (QED) is 0.214. The van der Waals surface area contributed by atoms with E-state index < -0.39 is 0 Å². The van der Waals surface area contributed by atoms with Crippen LogP contribution in [0.4, 0.5) is 0 Å². The second-order valence-electron chi connectivity index (χ2n) is 3.73. The Morgan fingerprint density at radius 1 is 0.722 bits per heavy atom. The molecule has 0 aromatic heterocycles. The average Bonchev–Trinajstić information content (AvgIpc) is 2.41. The van der Waals surface area contributed by atoms with Crippen LogP contribution >= 0.6 is 21.6 Å². The van der Waals surface area contributed by atoms with Gasteiger partial charge in [0.1, 0.15) is 11.8 Å². The molecule has 0 saturated heterocycles. The van der Waals surface area contributed by atoms with Crippen molar-refractivity contribution in [2.75, 3.05) is 39.9 Å². The van der Waals surface area contributed by atoms with Gasteiger partial charge >= 0.3 is 0 Å². The first kappa shape index (κ1) is 19.0. The topological polar surface area (TPSA) is 36.9 Å². The molecule has 0 fully saturated rings. The van der Waals surface area contributed by atoms with Crippen LogP contribution in [0.15, 0.2) is 0 Å². The molecule has 18 heavy (non-hydrogen) atoms. The van der Waals surface area contributed by atoms with Crippen LogP contribution < -0.4 is 0 Å². The SMILES string of the molecule is COC(OC)[SiH2]CCSSCC[SiH2]C(OC)OC. The summed E-state index contributed by atoms with van der Waals surface area (Å²) in [4.78, 5) is 0. The van der Waals surface area contributed by atoms with Crippen molar-refractivity contribution in [3.05, 3.63) is 0 Å². The van der Waals surface area contributed by atoms with Gasteiger partial charge in [0, 0.05) is 39.9 Å². The molecule has 0 aliphatic heterocycles. The first-order valence-electron chi connectivity index (χ1n) is 6.14. The van der Waals surface area contributed by atoms with Gasteiger partial charge in [0.2, 0.25) is 0 Å². The fraction of sp³-hybridized carbons (Fsp3) is 1.00. The minimum absolute atomic E-state index is 0.0900. The Bertz CT molecular complexity index is 154. The van der Waals surface area contributed by atoms with Crippen molar-refractivity contribution in [2.24, 2.45) is 0 Å². The summed E-state index contributed by atoms with van der Waals surface area (Å²) >= 11 is 0. The second-order valence-corrected chi connectivity index (χ2v) is 10.3. The van der Waals surface area contributed by atoms with Gasteiger partial charge in [0.15, 0.2) is 0 Å². The largest absolute Gasteiger partial charge is 0.360 e. The summed E-state index contributed by atoms with van der Waals surface area (Å²) in [5, 5.41) is 0. The van der Waals surface area contributed by atoms with Gasteiger partial charge in [0.25, 0.3) is 0 Å². The van der Waals surface area contributed by atoms with Crippen molar-refractivity contribution in [1.29, 1.82) is 0 Å². The van der Waals surface area contributed by atoms with Gasteiger partial charge in [0.05, 0.1) is 19.0 Å². The molecule has 0 rings (SSSR count). The molecule has 0 aliphatic rings. The predicted molar refractivity (Wildman–Crippen MR) is 87.2 cm³/mol. The van der Waals surface area contributed by atoms with E-state index in [2.05, 4.69) is 0 Å². The fourth-order valence-corrected chi connectivity index (χ4v) is 8.35. The molecule has 0 bridgehead atoms. The summed E-state index contributed by atoms with van der Waals surface area (Å²) in [6.07, 6.45) is 0. The van der Waals surface area contributed by atoms with Crippen LogP contribution in [0.1, 0.15) is 0 Å². The lowest BCUT2D eigenvalue weighted by atomic mass is 11.0. The molecule has 0 spiro atoms. The van der Waals surface area contributed by atoms with E-state index in [-0.39, 0.29) is 30.9 Å². The Kier molecular flexibility index (Phi) is 15.2. The van der Waals surface area contributed by atoms with Crippen LogP contribution in [-0.2, 0) is 18.9 Å². The minimum atomic E-state index is -0.244. The fourth-order valence-electron chi connectivity index (χ4n) is 1.40. The van der Waals surface area contributed by atoms with Gasteiger partial charge in [-0.3, -0.25) is 0 Å². The Balaban J connectivity index is 3.21. The van der Waals surface area contributed by atoms with E-state index >= 15 is 0 Å². The van der Waals surface area contributed by atoms with Crippen LogP contribution in [0.25, 0.3) is 0 Å². The van der Waals surface area contributed by atoms with Crippen LogP contribution in [0, 0.1) is 0 Å². The van der Waals surface area contributed by atoms with Crippen LogP contribution in [-0.4, -0.2) is 70.8 Å². The average molecular weight is 331 g/mol. The van der Waals surface area contributed by atoms with Crippen molar-refractivity contribution >= 4 is 40.6 Å². The zero-order valence-corrected chi connectivity index (χ0v) is 16.3. The number of hydrogen-bond donors (Lipinski definition) is 0.